The summed E-state index contributed by atoms with van der Waals surface area (Å²) in [5, 5.41) is 4.82. The lowest BCUT2D eigenvalue weighted by molar-refractivity contribution is 0.0987. The van der Waals surface area contributed by atoms with Crippen molar-refractivity contribution in [3.63, 3.8) is 0 Å². The van der Waals surface area contributed by atoms with E-state index < -0.39 is 5.91 Å². The number of carbonyl (C=O) groups excluding carboxylic acids is 1. The Labute approximate surface area is 138 Å². The molecule has 0 radical (unpaired) electrons. The molecule has 0 saturated carbocycles. The summed E-state index contributed by atoms with van der Waals surface area (Å²) in [5.41, 5.74) is 5.18. The molecule has 1 aliphatic heterocycles. The van der Waals surface area contributed by atoms with Gasteiger partial charge in [0.05, 0.1) is 11.0 Å². The molecular weight excluding hydrogens is 314 g/mol. The third-order valence-corrected chi connectivity index (χ3v) is 4.86. The van der Waals surface area contributed by atoms with E-state index in [4.69, 9.17) is 10.3 Å². The van der Waals surface area contributed by atoms with Crippen LogP contribution in [0, 0.1) is 5.92 Å². The molecule has 0 spiro atoms. The van der Waals surface area contributed by atoms with Crippen LogP contribution in [0.1, 0.15) is 59.1 Å². The number of likely N-dealkylation sites (tertiary alicyclic amines) is 1. The van der Waals surface area contributed by atoms with Crippen LogP contribution in [-0.4, -0.2) is 32.5 Å². The lowest BCUT2D eigenvalue weighted by Crippen LogP contribution is -2.22. The molecule has 2 aromatic heterocycles. The number of hydrogen-bond donors (Lipinski definition) is 1. The smallest absolute Gasteiger partial charge is 0.290 e. The molecule has 1 fully saturated rings. The molecule has 3 heterocycles. The minimum Gasteiger partial charge on any atom is -0.363 e. The van der Waals surface area contributed by atoms with Gasteiger partial charge in [0.15, 0.2) is 0 Å². The van der Waals surface area contributed by atoms with E-state index in [-0.39, 0.29) is 11.9 Å². The third kappa shape index (κ3) is 3.76. The zero-order chi connectivity index (χ0) is 16.4. The molecule has 7 nitrogen and oxygen atoms in total. The van der Waals surface area contributed by atoms with Crippen molar-refractivity contribution in [3.05, 3.63) is 27.8 Å². The Balaban J connectivity index is 1.69. The van der Waals surface area contributed by atoms with Crippen molar-refractivity contribution in [2.45, 2.75) is 45.7 Å². The first-order chi connectivity index (χ1) is 11.0. The van der Waals surface area contributed by atoms with Crippen molar-refractivity contribution in [2.24, 2.45) is 11.7 Å². The Morgan fingerprint density at radius 2 is 2.39 bits per heavy atom. The lowest BCUT2D eigenvalue weighted by atomic mass is 10.1. The van der Waals surface area contributed by atoms with Crippen molar-refractivity contribution in [1.82, 2.24) is 20.0 Å². The summed E-state index contributed by atoms with van der Waals surface area (Å²) in [6.07, 6.45) is 4.98. The van der Waals surface area contributed by atoms with Crippen LogP contribution in [0.15, 0.2) is 10.7 Å². The van der Waals surface area contributed by atoms with Gasteiger partial charge < -0.3 is 10.3 Å². The van der Waals surface area contributed by atoms with Crippen LogP contribution < -0.4 is 5.73 Å². The Bertz CT molecular complexity index is 681. The van der Waals surface area contributed by atoms with Gasteiger partial charge in [-0.15, -0.1) is 11.3 Å². The highest BCUT2D eigenvalue weighted by Gasteiger charge is 2.31. The van der Waals surface area contributed by atoms with E-state index >= 15 is 0 Å². The van der Waals surface area contributed by atoms with Gasteiger partial charge in [-0.2, -0.15) is 4.98 Å². The number of primary amides is 1. The first-order valence-corrected chi connectivity index (χ1v) is 8.65. The summed E-state index contributed by atoms with van der Waals surface area (Å²) in [7, 11) is 0. The van der Waals surface area contributed by atoms with Crippen LogP contribution >= 0.6 is 11.3 Å². The number of thiazole rings is 1. The fourth-order valence-electron chi connectivity index (χ4n) is 2.83. The van der Waals surface area contributed by atoms with Crippen molar-refractivity contribution in [3.8, 4) is 0 Å². The molecule has 0 aliphatic carbocycles. The van der Waals surface area contributed by atoms with Gasteiger partial charge >= 0.3 is 0 Å². The van der Waals surface area contributed by atoms with E-state index in [1.807, 2.05) is 6.20 Å². The molecule has 2 N–H and O–H groups in total. The predicted molar refractivity (Wildman–Crippen MR) is 85.9 cm³/mol. The van der Waals surface area contributed by atoms with Crippen LogP contribution in [0.25, 0.3) is 0 Å². The highest BCUT2D eigenvalue weighted by Crippen LogP contribution is 2.33. The van der Waals surface area contributed by atoms with E-state index in [9.17, 15) is 4.79 Å². The zero-order valence-electron chi connectivity index (χ0n) is 13.4. The van der Waals surface area contributed by atoms with Gasteiger partial charge in [-0.25, -0.2) is 4.98 Å². The second kappa shape index (κ2) is 6.76. The van der Waals surface area contributed by atoms with E-state index in [1.54, 1.807) is 11.3 Å². The van der Waals surface area contributed by atoms with Gasteiger partial charge in [-0.1, -0.05) is 19.0 Å². The number of hydrogen-bond acceptors (Lipinski definition) is 7. The number of aromatic nitrogens is 3. The quantitative estimate of drug-likeness (QED) is 0.868. The average Bonchev–Trinajstić information content (AvgIpc) is 3.18. The van der Waals surface area contributed by atoms with Crippen LogP contribution in [0.3, 0.4) is 0 Å². The second-order valence-electron chi connectivity index (χ2n) is 6.27. The van der Waals surface area contributed by atoms with E-state index in [0.717, 1.165) is 32.4 Å². The zero-order valence-corrected chi connectivity index (χ0v) is 14.2. The Kier molecular flexibility index (Phi) is 4.72. The predicted octanol–water partition coefficient (Wildman–Crippen LogP) is 2.16. The Morgan fingerprint density at radius 3 is 3.09 bits per heavy atom. The molecule has 2 aromatic rings. The third-order valence-electron chi connectivity index (χ3n) is 3.85. The summed E-state index contributed by atoms with van der Waals surface area (Å²) >= 11 is 1.76. The lowest BCUT2D eigenvalue weighted by Gasteiger charge is -2.20. The van der Waals surface area contributed by atoms with E-state index in [1.165, 1.54) is 9.88 Å². The molecule has 3 rings (SSSR count). The minimum atomic E-state index is -0.662. The molecule has 1 saturated heterocycles. The van der Waals surface area contributed by atoms with E-state index in [0.29, 0.717) is 11.8 Å². The molecule has 0 unspecified atom stereocenters. The standard InChI is InChI=1S/C15H21N5O2S/c1-9(2)6-12-17-7-10(23-12)8-20-5-3-4-11(20)15-18-14(13(16)21)19-22-15/h7,9,11H,3-6,8H2,1-2H3,(H2,16,21)/t11-/m0/s1. The monoisotopic (exact) mass is 335 g/mol. The Morgan fingerprint density at radius 1 is 1.57 bits per heavy atom. The van der Waals surface area contributed by atoms with Crippen LogP contribution in [0.2, 0.25) is 0 Å². The molecule has 124 valence electrons. The summed E-state index contributed by atoms with van der Waals surface area (Å²) in [5.74, 6) is 0.372. The largest absolute Gasteiger partial charge is 0.363 e. The molecule has 1 aliphatic rings. The van der Waals surface area contributed by atoms with Crippen molar-refractivity contribution < 1.29 is 9.32 Å². The van der Waals surface area contributed by atoms with Gasteiger partial charge in [-0.3, -0.25) is 9.69 Å². The maximum absolute atomic E-state index is 11.1. The molecule has 23 heavy (non-hydrogen) atoms. The summed E-state index contributed by atoms with van der Waals surface area (Å²) in [4.78, 5) is 23.3. The fourth-order valence-corrected chi connectivity index (χ4v) is 3.99. The molecule has 8 heteroatoms. The highest BCUT2D eigenvalue weighted by molar-refractivity contribution is 7.11. The minimum absolute atomic E-state index is 0.0475. The topological polar surface area (TPSA) is 98.1 Å². The first-order valence-electron chi connectivity index (χ1n) is 7.84. The van der Waals surface area contributed by atoms with Crippen LogP contribution in [0.5, 0.6) is 0 Å². The molecule has 0 bridgehead atoms. The van der Waals surface area contributed by atoms with Gasteiger partial charge in [0.2, 0.25) is 5.89 Å². The maximum atomic E-state index is 11.1. The highest BCUT2D eigenvalue weighted by atomic mass is 32.1. The molecular formula is C15H21N5O2S. The fraction of sp³-hybridized carbons (Fsp3) is 0.600. The van der Waals surface area contributed by atoms with Gasteiger partial charge in [-0.05, 0) is 25.3 Å². The maximum Gasteiger partial charge on any atom is 0.290 e. The van der Waals surface area contributed by atoms with Gasteiger partial charge in [0.1, 0.15) is 0 Å². The van der Waals surface area contributed by atoms with Crippen molar-refractivity contribution in [2.75, 3.05) is 6.54 Å². The SMILES string of the molecule is CC(C)Cc1ncc(CN2CCC[C@H]2c2nc(C(N)=O)no2)s1. The first kappa shape index (κ1) is 16.1. The average molecular weight is 335 g/mol. The van der Waals surface area contributed by atoms with Crippen molar-refractivity contribution >= 4 is 17.2 Å². The van der Waals surface area contributed by atoms with Crippen LogP contribution in [0.4, 0.5) is 0 Å². The summed E-state index contributed by atoms with van der Waals surface area (Å²) in [6, 6.07) is 0.0475. The number of carbonyl (C=O) groups is 1. The second-order valence-corrected chi connectivity index (χ2v) is 7.47. The van der Waals surface area contributed by atoms with Crippen molar-refractivity contribution in [1.29, 1.82) is 0 Å². The number of amides is 1. The molecule has 1 amide bonds. The van der Waals surface area contributed by atoms with E-state index in [2.05, 4.69) is 33.9 Å². The van der Waals surface area contributed by atoms with Gasteiger partial charge in [0.25, 0.3) is 11.7 Å². The molecule has 0 aromatic carbocycles. The summed E-state index contributed by atoms with van der Waals surface area (Å²) < 4.78 is 5.22. The number of nitrogens with two attached hydrogens (primary N) is 1. The molecule has 1 atom stereocenters. The summed E-state index contributed by atoms with van der Waals surface area (Å²) in [6.45, 7) is 6.18. The Hall–Kier alpha value is -1.80. The van der Waals surface area contributed by atoms with Gasteiger partial charge in [0, 0.05) is 24.0 Å². The number of nitrogens with zero attached hydrogens (tertiary/aromatic N) is 4. The van der Waals surface area contributed by atoms with Crippen LogP contribution in [-0.2, 0) is 13.0 Å². The number of rotatable bonds is 6. The normalized spacial score (nSPS) is 18.8.